The number of aliphatic hydroxyl groups excluding tert-OH is 1. The lowest BCUT2D eigenvalue weighted by Crippen LogP contribution is -2.24. The van der Waals surface area contributed by atoms with E-state index in [1.54, 1.807) is 30.1 Å². The number of ketones is 1. The van der Waals surface area contributed by atoms with Crippen molar-refractivity contribution < 1.29 is 27.2 Å². The number of carbonyl (C=O) groups excluding carboxylic acids is 1. The molecule has 35 heavy (non-hydrogen) atoms. The molecule has 3 aromatic rings. The molecule has 3 heterocycles. The number of pyridine rings is 1. The summed E-state index contributed by atoms with van der Waals surface area (Å²) in [6, 6.07) is 7.04. The zero-order chi connectivity index (χ0) is 25.0. The molecular weight excluding hydrogens is 476 g/mol. The topological polar surface area (TPSA) is 172 Å². The summed E-state index contributed by atoms with van der Waals surface area (Å²) in [4.78, 5) is 25.9. The van der Waals surface area contributed by atoms with E-state index in [0.29, 0.717) is 42.9 Å². The van der Waals surface area contributed by atoms with Gasteiger partial charge in [-0.3, -0.25) is 13.7 Å². The fourth-order valence-corrected chi connectivity index (χ4v) is 4.62. The molecule has 0 saturated heterocycles. The minimum absolute atomic E-state index is 0.0165. The van der Waals surface area contributed by atoms with Crippen molar-refractivity contribution in [3.05, 3.63) is 65.6 Å². The van der Waals surface area contributed by atoms with Crippen LogP contribution >= 0.6 is 0 Å². The smallest absolute Gasteiger partial charge is 0.333 e. The van der Waals surface area contributed by atoms with E-state index in [1.165, 1.54) is 12.5 Å². The Kier molecular flexibility index (Phi) is 7.50. The lowest BCUT2D eigenvalue weighted by atomic mass is 9.96. The third-order valence-electron chi connectivity index (χ3n) is 5.91. The Hall–Kier alpha value is -3.26. The van der Waals surface area contributed by atoms with Crippen LogP contribution in [0.1, 0.15) is 40.3 Å². The zero-order valence-corrected chi connectivity index (χ0v) is 19.8. The van der Waals surface area contributed by atoms with E-state index in [-0.39, 0.29) is 29.9 Å². The summed E-state index contributed by atoms with van der Waals surface area (Å²) >= 11 is 0. The normalized spacial score (nSPS) is 20.1. The van der Waals surface area contributed by atoms with Gasteiger partial charge in [-0.25, -0.2) is 20.1 Å². The maximum Gasteiger partial charge on any atom is 0.333 e. The van der Waals surface area contributed by atoms with Gasteiger partial charge in [0.05, 0.1) is 43.3 Å². The molecular formula is C22H26N6O6S. The van der Waals surface area contributed by atoms with Gasteiger partial charge in [0.15, 0.2) is 0 Å². The summed E-state index contributed by atoms with van der Waals surface area (Å²) in [6.07, 6.45) is 5.15. The number of hydrogen-bond donors (Lipinski definition) is 2. The predicted molar refractivity (Wildman–Crippen MR) is 123 cm³/mol. The number of methoxy groups -OCH3 is 1. The summed E-state index contributed by atoms with van der Waals surface area (Å²) in [7, 11) is -2.53. The van der Waals surface area contributed by atoms with Gasteiger partial charge >= 0.3 is 10.3 Å². The number of rotatable bonds is 10. The second-order valence-electron chi connectivity index (χ2n) is 8.43. The van der Waals surface area contributed by atoms with Crippen LogP contribution in [0, 0.1) is 11.8 Å². The van der Waals surface area contributed by atoms with E-state index in [4.69, 9.17) is 9.88 Å². The molecule has 13 heteroatoms. The van der Waals surface area contributed by atoms with Crippen molar-refractivity contribution in [2.45, 2.75) is 31.9 Å². The number of aliphatic hydroxyl groups is 1. The number of nitrogens with zero attached hydrogens (tertiary/aromatic N) is 5. The Morgan fingerprint density at radius 2 is 2.11 bits per heavy atom. The molecule has 1 aliphatic carbocycles. The lowest BCUT2D eigenvalue weighted by molar-refractivity contribution is 0.100. The van der Waals surface area contributed by atoms with Crippen molar-refractivity contribution in [1.82, 2.24) is 24.7 Å². The van der Waals surface area contributed by atoms with Crippen LogP contribution in [0.5, 0.6) is 5.88 Å². The molecule has 0 aromatic carbocycles. The van der Waals surface area contributed by atoms with Crippen LogP contribution in [0.2, 0.25) is 0 Å². The molecule has 3 N–H and O–H groups in total. The molecule has 0 aliphatic heterocycles. The Balaban J connectivity index is 1.44. The van der Waals surface area contributed by atoms with E-state index in [2.05, 4.69) is 24.2 Å². The van der Waals surface area contributed by atoms with Gasteiger partial charge in [-0.2, -0.15) is 13.5 Å². The van der Waals surface area contributed by atoms with Crippen LogP contribution in [0.3, 0.4) is 0 Å². The summed E-state index contributed by atoms with van der Waals surface area (Å²) in [5, 5.41) is 19.6. The molecule has 12 nitrogen and oxygen atoms in total. The van der Waals surface area contributed by atoms with Gasteiger partial charge in [0.2, 0.25) is 11.7 Å². The van der Waals surface area contributed by atoms with Crippen molar-refractivity contribution in [2.75, 3.05) is 13.7 Å². The second kappa shape index (κ2) is 10.6. The van der Waals surface area contributed by atoms with Crippen LogP contribution in [0.25, 0.3) is 0 Å². The molecule has 3 atom stereocenters. The van der Waals surface area contributed by atoms with Gasteiger partial charge < -0.3 is 9.84 Å². The van der Waals surface area contributed by atoms with E-state index in [0.717, 1.165) is 5.69 Å². The molecule has 3 aromatic heterocycles. The molecule has 4 rings (SSSR count). The number of nitrogens with two attached hydrogens (primary N) is 1. The number of carbonyl (C=O) groups is 1. The van der Waals surface area contributed by atoms with E-state index in [9.17, 15) is 18.3 Å². The quantitative estimate of drug-likeness (QED) is 0.372. The van der Waals surface area contributed by atoms with Crippen molar-refractivity contribution in [2.24, 2.45) is 17.0 Å². The lowest BCUT2D eigenvalue weighted by Gasteiger charge is -2.13. The first-order valence-electron chi connectivity index (χ1n) is 10.9. The van der Waals surface area contributed by atoms with Crippen molar-refractivity contribution in [1.29, 1.82) is 0 Å². The SMILES string of the molecule is COc1cccc(Cn2ccc(C(=O)c3cncnc3C[C@@H]3C[C@H](COS(N)(=O)=O)[C@@H](O)C3)n2)n1. The molecule has 0 spiro atoms. The maximum atomic E-state index is 13.2. The first-order chi connectivity index (χ1) is 16.7. The maximum absolute atomic E-state index is 13.2. The van der Waals surface area contributed by atoms with Crippen molar-refractivity contribution in [3.63, 3.8) is 0 Å². The van der Waals surface area contributed by atoms with Crippen LogP contribution in [0.4, 0.5) is 0 Å². The Bertz CT molecular complexity index is 1300. The monoisotopic (exact) mass is 502 g/mol. The molecule has 0 unspecified atom stereocenters. The Morgan fingerprint density at radius 1 is 1.29 bits per heavy atom. The van der Waals surface area contributed by atoms with E-state index >= 15 is 0 Å². The molecule has 1 aliphatic rings. The van der Waals surface area contributed by atoms with Gasteiger partial charge in [-0.05, 0) is 37.3 Å². The Labute approximate surface area is 202 Å². The number of hydrogen-bond acceptors (Lipinski definition) is 10. The molecule has 0 radical (unpaired) electrons. The molecule has 1 saturated carbocycles. The van der Waals surface area contributed by atoms with Gasteiger partial charge in [-0.1, -0.05) is 6.07 Å². The highest BCUT2D eigenvalue weighted by atomic mass is 32.2. The van der Waals surface area contributed by atoms with E-state index in [1.807, 2.05) is 12.1 Å². The summed E-state index contributed by atoms with van der Waals surface area (Å²) < 4.78 is 33.5. The summed E-state index contributed by atoms with van der Waals surface area (Å²) in [5.74, 6) is -0.212. The first kappa shape index (κ1) is 24.9. The van der Waals surface area contributed by atoms with Crippen LogP contribution in [-0.4, -0.2) is 63.9 Å². The third-order valence-corrected chi connectivity index (χ3v) is 6.38. The second-order valence-corrected chi connectivity index (χ2v) is 9.65. The van der Waals surface area contributed by atoms with Crippen LogP contribution < -0.4 is 9.88 Å². The minimum Gasteiger partial charge on any atom is -0.481 e. The third kappa shape index (κ3) is 6.45. The summed E-state index contributed by atoms with van der Waals surface area (Å²) in [5.41, 5.74) is 1.85. The molecule has 1 fully saturated rings. The highest BCUT2D eigenvalue weighted by Gasteiger charge is 2.35. The molecule has 186 valence electrons. The van der Waals surface area contributed by atoms with Crippen LogP contribution in [0.15, 0.2) is 43.0 Å². The predicted octanol–water partition coefficient (Wildman–Crippen LogP) is 0.506. The molecule has 0 amide bonds. The number of aromatic nitrogens is 5. The average Bonchev–Trinajstić information content (AvgIpc) is 3.43. The van der Waals surface area contributed by atoms with Crippen molar-refractivity contribution >= 4 is 16.1 Å². The van der Waals surface area contributed by atoms with Gasteiger partial charge in [0.25, 0.3) is 0 Å². The van der Waals surface area contributed by atoms with Gasteiger partial charge in [-0.15, -0.1) is 0 Å². The fraction of sp³-hybridized carbons (Fsp3) is 0.409. The average molecular weight is 503 g/mol. The van der Waals surface area contributed by atoms with E-state index < -0.39 is 16.4 Å². The van der Waals surface area contributed by atoms with Crippen LogP contribution in [-0.2, 0) is 27.5 Å². The fourth-order valence-electron chi connectivity index (χ4n) is 4.26. The summed E-state index contributed by atoms with van der Waals surface area (Å²) in [6.45, 7) is 0.177. The molecule has 0 bridgehead atoms. The van der Waals surface area contributed by atoms with Gasteiger partial charge in [0, 0.05) is 24.4 Å². The Morgan fingerprint density at radius 3 is 2.89 bits per heavy atom. The highest BCUT2D eigenvalue weighted by Crippen LogP contribution is 2.34. The zero-order valence-electron chi connectivity index (χ0n) is 19.0. The van der Waals surface area contributed by atoms with Crippen molar-refractivity contribution in [3.8, 4) is 5.88 Å². The standard InChI is InChI=1S/C22H26N6O6S/c1-33-21-4-2-3-16(26-21)11-28-6-5-18(27-28)22(30)17-10-24-13-25-19(17)8-14-7-15(20(29)9-14)12-34-35(23,31)32/h2-6,10,13-15,20,29H,7-9,11-12H2,1H3,(H2,23,31,32)/t14-,15+,20-/m0/s1. The minimum atomic E-state index is -4.08. The first-order valence-corrected chi connectivity index (χ1v) is 12.4. The number of ether oxygens (including phenoxy) is 1. The highest BCUT2D eigenvalue weighted by molar-refractivity contribution is 7.84. The van der Waals surface area contributed by atoms with Gasteiger partial charge in [0.1, 0.15) is 12.0 Å². The largest absolute Gasteiger partial charge is 0.481 e.